The van der Waals surface area contributed by atoms with Crippen LogP contribution in [-0.2, 0) is 1180 Å². The fourth-order valence-corrected chi connectivity index (χ4v) is 4.78. The Balaban J connectivity index is -0.00000000307. The Morgan fingerprint density at radius 1 is 0.198 bits per heavy atom. The number of rotatable bonds is 0. The molecule has 4 saturated heterocycles. The first-order valence-corrected chi connectivity index (χ1v) is 23.3. The van der Waals surface area contributed by atoms with Gasteiger partial charge in [-0.05, 0) is 0 Å². The Hall–Kier alpha value is 39.9. The summed E-state index contributed by atoms with van der Waals surface area (Å²) in [5.74, 6) is 2.09. The molecule has 0 nitrogen and oxygen atoms in total. The van der Waals surface area contributed by atoms with Gasteiger partial charge in [0.25, 0.3) is 0 Å². The minimum Gasteiger partial charge on any atom is -0.377 e. The second-order valence-electron chi connectivity index (χ2n) is 9.11. The third kappa shape index (κ3) is 462. The van der Waals surface area contributed by atoms with Gasteiger partial charge < -0.3 is 149 Å². The van der Waals surface area contributed by atoms with Gasteiger partial charge in [-0.3, -0.25) is 0 Å². The molecule has 0 unspecified atom stereocenters. The molecular weight excluding hydrogens is 3980 g/mol. The average Bonchev–Trinajstić information content (AvgIpc) is 3.26. The molecule has 0 N–H and O–H groups in total. The molecule has 536 valence electrons. The number of fused-ring (bicyclic) bond motifs is 2. The van der Waals surface area contributed by atoms with Gasteiger partial charge in [-0.15, -0.1) is 11.6 Å². The van der Waals surface area contributed by atoms with Crippen molar-refractivity contribution in [2.45, 2.75) is 312 Å². The minimum atomic E-state index is 0. The second-order valence-corrected chi connectivity index (χ2v) is 9.11. The molecule has 34 radical (unpaired) electrons. The van der Waals surface area contributed by atoms with Crippen LogP contribution in [0.1, 0.15) is 301 Å². The molecular formula is C63H159B2Y36-11. The van der Waals surface area contributed by atoms with Crippen LogP contribution < -0.4 is 0 Å². The molecule has 0 aromatic carbocycles. The summed E-state index contributed by atoms with van der Waals surface area (Å²) >= 11 is 0. The molecule has 4 fully saturated rings. The summed E-state index contributed by atoms with van der Waals surface area (Å²) in [7, 11) is 0. The van der Waals surface area contributed by atoms with Crippen molar-refractivity contribution in [2.75, 3.05) is 0 Å². The molecule has 0 aromatic heterocycles. The van der Waals surface area contributed by atoms with E-state index in [2.05, 4.69) is 94.5 Å². The van der Waals surface area contributed by atoms with E-state index in [0.717, 1.165) is 57.2 Å². The van der Waals surface area contributed by atoms with Crippen LogP contribution in [0.25, 0.3) is 0 Å². The van der Waals surface area contributed by atoms with Gasteiger partial charge in [0.05, 0.1) is 0 Å². The fourth-order valence-electron chi connectivity index (χ4n) is 4.78. The zero-order valence-corrected chi connectivity index (χ0v) is 168. The van der Waals surface area contributed by atoms with Crippen LogP contribution in [0.5, 0.6) is 0 Å². The van der Waals surface area contributed by atoms with E-state index in [0.29, 0.717) is 0 Å². The molecule has 0 atom stereocenters. The normalized spacial score (nSPS) is 7.01. The summed E-state index contributed by atoms with van der Waals surface area (Å²) in [4.78, 5) is 0. The Morgan fingerprint density at radius 2 is 0.257 bits per heavy atom. The summed E-state index contributed by atoms with van der Waals surface area (Å²) in [6.07, 6.45) is 31.2. The average molecular weight is 4140 g/mol. The van der Waals surface area contributed by atoms with Gasteiger partial charge in [-0.1, -0.05) is 243 Å². The van der Waals surface area contributed by atoms with E-state index in [-0.39, 0.29) is 1270 Å². The van der Waals surface area contributed by atoms with E-state index in [1.54, 1.807) is 0 Å². The van der Waals surface area contributed by atoms with Crippen LogP contribution in [0.2, 0.25) is 11.6 Å². The minimum absolute atomic E-state index is 0. The van der Waals surface area contributed by atoms with Gasteiger partial charge in [0.1, 0.15) is 0 Å². The molecule has 0 spiro atoms. The molecule has 0 bridgehead atoms. The van der Waals surface area contributed by atoms with E-state index >= 15 is 0 Å². The van der Waals surface area contributed by atoms with Gasteiger partial charge in [-0.2, -0.15) is 25.7 Å². The van der Waals surface area contributed by atoms with E-state index in [9.17, 15) is 0 Å². The van der Waals surface area contributed by atoms with Crippen LogP contribution in [0.4, 0.5) is 0 Å². The first-order valence-electron chi connectivity index (χ1n) is 23.3. The predicted molar refractivity (Wildman–Crippen MR) is 350 cm³/mol. The summed E-state index contributed by atoms with van der Waals surface area (Å²) in [5.41, 5.74) is 0. The molecule has 4 aliphatic heterocycles. The standard InChI is InChI=1S/2C9H15B.5C3H6.9C2H6.9CH4.3CH3.36Y/c2*1-3-7-10-8-4-2-6-9(10)5-1;5*1-3-2;9*1-2;;;;;;;;;;;;;;;;;;;;;;;;;;;;;;;;;;;;;;;;;;;;;;;;/h2*7-9H,1-6H2;5*1-3H2;9*1-2H3;9*1H4;3*1H3;;;;;;;;;;;;;;;;;;;;;;;;;;;;;;;;;;;;/q7*-2;;;;;;;;;;;;;;;;;;;3*-1;;;;;;;;;;;;;;;;;;;;;;;;;;;;;;;;;;;2*+3. The van der Waals surface area contributed by atoms with Crippen LogP contribution in [0, 0.1) is 117 Å². The van der Waals surface area contributed by atoms with Crippen molar-refractivity contribution >= 4 is 13.4 Å². The Kier molecular flexibility index (Phi) is 2120. The molecule has 4 aliphatic rings. The van der Waals surface area contributed by atoms with Crippen molar-refractivity contribution in [1.29, 1.82) is 0 Å². The Bertz CT molecular complexity index is 349. The molecule has 0 saturated carbocycles. The zero-order valence-electron chi connectivity index (χ0n) is 65.5. The number of hydrogen-bond donors (Lipinski definition) is 0. The zero-order chi connectivity index (χ0) is 45.2. The smallest absolute Gasteiger partial charge is 0.377 e. The molecule has 0 amide bonds. The topological polar surface area (TPSA) is 0 Å². The molecule has 101 heavy (non-hydrogen) atoms. The molecule has 4 heterocycles. The molecule has 0 aromatic rings. The van der Waals surface area contributed by atoms with Crippen LogP contribution in [-0.4, -0.2) is 13.4 Å². The van der Waals surface area contributed by atoms with Crippen LogP contribution in [0.15, 0.2) is 0 Å². The van der Waals surface area contributed by atoms with Crippen molar-refractivity contribution in [2.24, 2.45) is 0 Å². The predicted octanol–water partition coefficient (Wildman–Crippen LogP) is 26.9. The van der Waals surface area contributed by atoms with Gasteiger partial charge in [0, 0.05) is 1110 Å². The second kappa shape index (κ2) is 508. The van der Waals surface area contributed by atoms with Crippen LogP contribution >= 0.6 is 0 Å². The van der Waals surface area contributed by atoms with Crippen molar-refractivity contribution in [3.05, 3.63) is 117 Å². The largest absolute Gasteiger partial charge is 3.00 e. The monoisotopic (exact) mass is 4140 g/mol. The summed E-state index contributed by atoms with van der Waals surface area (Å²) in [5, 5.41) is 0. The SMILES string of the molecule is C.C.C.C.C.C.C.C.C.CC.CC.CC.CC.CC.CC.CC.CC.CC.[CH-]1CCCC2CCC[CH-]B12.[CH-]1CCCC2CCC[CH-]B12.[CH2-]C[CH2-].[CH2-]C[CH2-].[CH2-]C[CH2-].[CH2-]C[CH2-].[CH2-]C[CH2-].[CH3-].[CH3-].[CH3-].[Y+3].[Y+3].[Y].[Y].[Y].[Y].[Y].[Y].[Y].[Y].[Y].[Y].[Y].[Y].[Y].[Y].[Y].[Y].[Y].[Y].[Y].[Y].[Y].[Y].[Y].[Y].[Y].[Y].[Y].[Y].[Y].[Y].[Y].[Y].[Y].[Y]. The van der Waals surface area contributed by atoms with E-state index in [1.165, 1.54) is 77.0 Å². The van der Waals surface area contributed by atoms with Crippen molar-refractivity contribution in [3.8, 4) is 0 Å². The van der Waals surface area contributed by atoms with Crippen molar-refractivity contribution in [1.82, 2.24) is 0 Å². The van der Waals surface area contributed by atoms with Gasteiger partial charge in [0.15, 0.2) is 0 Å². The maximum atomic E-state index is 3.38. The number of hydrogen-bond acceptors (Lipinski definition) is 0. The Morgan fingerprint density at radius 3 is 0.307 bits per heavy atom. The van der Waals surface area contributed by atoms with Crippen molar-refractivity contribution < 1.29 is 1180 Å². The maximum absolute atomic E-state index is 3.38. The van der Waals surface area contributed by atoms with Crippen LogP contribution in [0.3, 0.4) is 0 Å². The third-order valence-electron chi connectivity index (χ3n) is 5.96. The van der Waals surface area contributed by atoms with E-state index in [4.69, 9.17) is 0 Å². The van der Waals surface area contributed by atoms with E-state index < -0.39 is 0 Å². The summed E-state index contributed by atoms with van der Waals surface area (Å²) in [6.45, 7) is 71.6. The quantitative estimate of drug-likeness (QED) is 0.168. The molecule has 38 heteroatoms. The molecule has 4 rings (SSSR count). The summed E-state index contributed by atoms with van der Waals surface area (Å²) in [6, 6.07) is 0. The van der Waals surface area contributed by atoms with E-state index in [1.807, 2.05) is 125 Å². The molecule has 0 aliphatic carbocycles. The fraction of sp³-hybridized carbons (Fsp3) is 0.730. The first kappa shape index (κ1) is 421. The van der Waals surface area contributed by atoms with Gasteiger partial charge >= 0.3 is 65.4 Å². The van der Waals surface area contributed by atoms with Gasteiger partial charge in [0.2, 0.25) is 0 Å². The maximum Gasteiger partial charge on any atom is 3.00 e. The van der Waals surface area contributed by atoms with Crippen molar-refractivity contribution in [3.63, 3.8) is 0 Å². The Labute approximate surface area is 1570 Å². The summed E-state index contributed by atoms with van der Waals surface area (Å²) < 4.78 is 0. The third-order valence-corrected chi connectivity index (χ3v) is 5.96. The first-order chi connectivity index (χ1) is 26.0. The van der Waals surface area contributed by atoms with Gasteiger partial charge in [-0.25, -0.2) is 13.4 Å².